The molecule has 0 N–H and O–H groups in total. The van der Waals surface area contributed by atoms with Crippen molar-refractivity contribution >= 4 is 0 Å². The molecule has 0 aliphatic heterocycles. The number of hydrogen-bond donors (Lipinski definition) is 0. The second kappa shape index (κ2) is 7.80. The number of alkyl halides is 15. The van der Waals surface area contributed by atoms with Crippen molar-refractivity contribution < 1.29 is 70.6 Å². The van der Waals surface area contributed by atoms with E-state index in [9.17, 15) is 65.9 Å². The summed E-state index contributed by atoms with van der Waals surface area (Å²) in [5, 5.41) is 8.48. The molecule has 0 aliphatic rings. The monoisotopic (exact) mass is 501 g/mol. The maximum absolute atomic E-state index is 13.6. The predicted octanol–water partition coefficient (Wildman–Crippen LogP) is 6.31. The third-order valence-corrected chi connectivity index (χ3v) is 3.80. The standard InChI is InChI=1S/C15H6F15NO/c16-9(17,6-32-8-3-1-7(5-31)2-4-8)10(18,19)11(20,21)12(22,23)13(24,25)14(26,27)15(28,29)30/h1-4H,6H2. The fraction of sp³-hybridized carbons (Fsp3) is 0.533. The van der Waals surface area contributed by atoms with E-state index >= 15 is 0 Å². The quantitative estimate of drug-likeness (QED) is 0.392. The number of halogens is 15. The average Bonchev–Trinajstić information content (AvgIpc) is 2.65. The van der Waals surface area contributed by atoms with Gasteiger partial charge in [0.05, 0.1) is 11.6 Å². The maximum Gasteiger partial charge on any atom is 0.460 e. The van der Waals surface area contributed by atoms with Crippen LogP contribution in [-0.2, 0) is 0 Å². The van der Waals surface area contributed by atoms with Crippen molar-refractivity contribution in [2.45, 2.75) is 41.7 Å². The minimum atomic E-state index is -8.33. The van der Waals surface area contributed by atoms with Gasteiger partial charge < -0.3 is 4.74 Å². The SMILES string of the molecule is N#Cc1ccc(OCC(F)(F)C(F)(F)C(F)(F)C(F)(F)C(F)(F)C(F)(F)C(F)(F)F)cc1. The first-order chi connectivity index (χ1) is 14.0. The van der Waals surface area contributed by atoms with Crippen molar-refractivity contribution in [3.05, 3.63) is 29.8 Å². The lowest BCUT2D eigenvalue weighted by atomic mass is 9.91. The third-order valence-electron chi connectivity index (χ3n) is 3.80. The Morgan fingerprint density at radius 1 is 0.594 bits per heavy atom. The summed E-state index contributed by atoms with van der Waals surface area (Å²) in [7, 11) is 0. The molecule has 182 valence electrons. The summed E-state index contributed by atoms with van der Waals surface area (Å²) in [5.74, 6) is -47.7. The molecule has 0 spiro atoms. The zero-order valence-corrected chi connectivity index (χ0v) is 14.5. The van der Waals surface area contributed by atoms with Crippen LogP contribution in [0.5, 0.6) is 5.75 Å². The Kier molecular flexibility index (Phi) is 6.70. The molecule has 0 aromatic heterocycles. The van der Waals surface area contributed by atoms with Crippen molar-refractivity contribution in [3.63, 3.8) is 0 Å². The summed E-state index contributed by atoms with van der Waals surface area (Å²) < 4.78 is 199. The Morgan fingerprint density at radius 2 is 0.969 bits per heavy atom. The third kappa shape index (κ3) is 3.98. The normalized spacial score (nSPS) is 14.8. The highest BCUT2D eigenvalue weighted by Gasteiger charge is 2.93. The van der Waals surface area contributed by atoms with E-state index in [2.05, 4.69) is 4.74 Å². The fourth-order valence-corrected chi connectivity index (χ4v) is 1.89. The highest BCUT2D eigenvalue weighted by Crippen LogP contribution is 2.62. The van der Waals surface area contributed by atoms with Gasteiger partial charge in [0.1, 0.15) is 5.75 Å². The molecule has 0 aliphatic carbocycles. The molecule has 0 bridgehead atoms. The van der Waals surface area contributed by atoms with Gasteiger partial charge in [0, 0.05) is 0 Å². The van der Waals surface area contributed by atoms with Crippen molar-refractivity contribution in [1.82, 2.24) is 0 Å². The van der Waals surface area contributed by atoms with E-state index in [1.807, 2.05) is 0 Å². The van der Waals surface area contributed by atoms with E-state index in [1.54, 1.807) is 0 Å². The lowest BCUT2D eigenvalue weighted by Crippen LogP contribution is -2.73. The van der Waals surface area contributed by atoms with E-state index in [0.717, 1.165) is 12.1 Å². The number of nitrogens with zero attached hydrogens (tertiary/aromatic N) is 1. The Labute approximate surface area is 167 Å². The molecule has 0 radical (unpaired) electrons. The molecule has 2 nitrogen and oxygen atoms in total. The van der Waals surface area contributed by atoms with Gasteiger partial charge in [-0.1, -0.05) is 0 Å². The van der Waals surface area contributed by atoms with Gasteiger partial charge in [-0.15, -0.1) is 0 Å². The molecule has 32 heavy (non-hydrogen) atoms. The van der Waals surface area contributed by atoms with Crippen LogP contribution < -0.4 is 4.74 Å². The van der Waals surface area contributed by atoms with Crippen LogP contribution in [0, 0.1) is 11.3 Å². The number of hydrogen-bond acceptors (Lipinski definition) is 2. The van der Waals surface area contributed by atoms with Gasteiger partial charge in [0.25, 0.3) is 0 Å². The lowest BCUT2D eigenvalue weighted by molar-refractivity contribution is -0.453. The van der Waals surface area contributed by atoms with Crippen molar-refractivity contribution in [2.24, 2.45) is 0 Å². The average molecular weight is 501 g/mol. The van der Waals surface area contributed by atoms with Gasteiger partial charge in [-0.25, -0.2) is 0 Å². The molecule has 1 aromatic carbocycles. The van der Waals surface area contributed by atoms with Crippen LogP contribution in [0.15, 0.2) is 24.3 Å². The van der Waals surface area contributed by atoms with E-state index in [0.29, 0.717) is 12.1 Å². The summed E-state index contributed by atoms with van der Waals surface area (Å²) >= 11 is 0. The second-order valence-electron chi connectivity index (χ2n) is 6.00. The van der Waals surface area contributed by atoms with Gasteiger partial charge in [-0.05, 0) is 24.3 Å². The smallest absolute Gasteiger partial charge is 0.460 e. The van der Waals surface area contributed by atoms with Gasteiger partial charge >= 0.3 is 41.7 Å². The largest absolute Gasteiger partial charge is 0.487 e. The summed E-state index contributed by atoms with van der Waals surface area (Å²) in [6.45, 7) is -2.93. The van der Waals surface area contributed by atoms with Crippen molar-refractivity contribution in [3.8, 4) is 11.8 Å². The highest BCUT2D eigenvalue weighted by atomic mass is 19.4. The molecular weight excluding hydrogens is 495 g/mol. The van der Waals surface area contributed by atoms with Crippen LogP contribution >= 0.6 is 0 Å². The molecule has 0 unspecified atom stereocenters. The zero-order valence-electron chi connectivity index (χ0n) is 14.5. The van der Waals surface area contributed by atoms with Crippen LogP contribution in [0.4, 0.5) is 65.9 Å². The van der Waals surface area contributed by atoms with E-state index < -0.39 is 54.1 Å². The first-order valence-electron chi connectivity index (χ1n) is 7.48. The number of rotatable bonds is 8. The Morgan fingerprint density at radius 3 is 1.34 bits per heavy atom. The second-order valence-corrected chi connectivity index (χ2v) is 6.00. The summed E-state index contributed by atoms with van der Waals surface area (Å²) in [6.07, 6.45) is -7.65. The minimum Gasteiger partial charge on any atom is -0.487 e. The number of nitriles is 1. The Hall–Kier alpha value is -2.54. The molecule has 1 rings (SSSR count). The van der Waals surface area contributed by atoms with Gasteiger partial charge in [-0.2, -0.15) is 71.1 Å². The first kappa shape index (κ1) is 27.5. The summed E-state index contributed by atoms with van der Waals surface area (Å²) in [4.78, 5) is 0. The van der Waals surface area contributed by atoms with Crippen LogP contribution in [0.25, 0.3) is 0 Å². The molecule has 0 heterocycles. The Bertz CT molecular complexity index is 851. The van der Waals surface area contributed by atoms with Crippen LogP contribution in [0.3, 0.4) is 0 Å². The van der Waals surface area contributed by atoms with E-state index in [1.165, 1.54) is 6.07 Å². The van der Waals surface area contributed by atoms with Crippen molar-refractivity contribution in [2.75, 3.05) is 6.61 Å². The maximum atomic E-state index is 13.6. The van der Waals surface area contributed by atoms with Crippen LogP contribution in [0.1, 0.15) is 5.56 Å². The lowest BCUT2D eigenvalue weighted by Gasteiger charge is -2.41. The number of benzene rings is 1. The van der Waals surface area contributed by atoms with Gasteiger partial charge in [0.15, 0.2) is 6.61 Å². The van der Waals surface area contributed by atoms with Crippen molar-refractivity contribution in [1.29, 1.82) is 5.26 Å². The molecule has 0 atom stereocenters. The fourth-order valence-electron chi connectivity index (χ4n) is 1.89. The molecule has 17 heteroatoms. The first-order valence-corrected chi connectivity index (χ1v) is 7.48. The molecule has 0 amide bonds. The highest BCUT2D eigenvalue weighted by molar-refractivity contribution is 5.34. The van der Waals surface area contributed by atoms with E-state index in [4.69, 9.17) is 5.26 Å². The van der Waals surface area contributed by atoms with Crippen LogP contribution in [0.2, 0.25) is 0 Å². The van der Waals surface area contributed by atoms with Crippen LogP contribution in [-0.4, -0.2) is 48.3 Å². The molecule has 0 saturated heterocycles. The molecule has 0 fully saturated rings. The molecular formula is C15H6F15NO. The zero-order chi connectivity index (χ0) is 25.6. The predicted molar refractivity (Wildman–Crippen MR) is 72.4 cm³/mol. The summed E-state index contributed by atoms with van der Waals surface area (Å²) in [5.41, 5.74) is -0.145. The van der Waals surface area contributed by atoms with E-state index in [-0.39, 0.29) is 5.56 Å². The summed E-state index contributed by atoms with van der Waals surface area (Å²) in [6, 6.07) is 4.43. The Balaban J connectivity index is 3.33. The van der Waals surface area contributed by atoms with Gasteiger partial charge in [-0.3, -0.25) is 0 Å². The molecule has 1 aromatic rings. The number of ether oxygens (including phenoxy) is 1. The van der Waals surface area contributed by atoms with Gasteiger partial charge in [0.2, 0.25) is 0 Å². The minimum absolute atomic E-state index is 0.145. The molecule has 0 saturated carbocycles. The topological polar surface area (TPSA) is 33.0 Å².